The molecule has 98 valence electrons. The first kappa shape index (κ1) is 13.2. The summed E-state index contributed by atoms with van der Waals surface area (Å²) >= 11 is 5.86. The molecule has 0 spiro atoms. The molecular weight excluding hydrogens is 266 g/mol. The number of benzene rings is 2. The summed E-state index contributed by atoms with van der Waals surface area (Å²) in [6, 6.07) is 11.7. The molecule has 0 amide bonds. The highest BCUT2D eigenvalue weighted by Crippen LogP contribution is 2.23. The molecule has 0 atom stereocenters. The van der Waals surface area contributed by atoms with Crippen molar-refractivity contribution < 1.29 is 14.6 Å². The van der Waals surface area contributed by atoms with E-state index in [9.17, 15) is 4.79 Å². The molecule has 0 aliphatic carbocycles. The number of hydrogen-bond donors (Lipinski definition) is 2. The first-order chi connectivity index (χ1) is 9.06. The van der Waals surface area contributed by atoms with Gasteiger partial charge in [0.2, 0.25) is 0 Å². The molecule has 0 unspecified atom stereocenters. The maximum absolute atomic E-state index is 11.1. The summed E-state index contributed by atoms with van der Waals surface area (Å²) < 4.78 is 5.50. The molecule has 0 fully saturated rings. The molecule has 0 aliphatic rings. The predicted molar refractivity (Wildman–Crippen MR) is 73.6 cm³/mol. The molecule has 0 saturated heterocycles. The maximum atomic E-state index is 11.1. The van der Waals surface area contributed by atoms with Crippen LogP contribution in [0.5, 0.6) is 5.75 Å². The van der Waals surface area contributed by atoms with Crippen LogP contribution in [0.2, 0.25) is 5.02 Å². The number of hydrogen-bond acceptors (Lipinski definition) is 3. The Balaban J connectivity index is 2.17. The summed E-state index contributed by atoms with van der Waals surface area (Å²) in [7, 11) is 0. The fourth-order valence-electron chi connectivity index (χ4n) is 1.63. The largest absolute Gasteiger partial charge is 0.488 e. The number of carboxylic acid groups (broad SMARTS) is 1. The van der Waals surface area contributed by atoms with Gasteiger partial charge in [0.05, 0.1) is 0 Å². The van der Waals surface area contributed by atoms with Gasteiger partial charge in [-0.1, -0.05) is 23.7 Å². The highest BCUT2D eigenvalue weighted by Gasteiger charge is 2.11. The molecule has 19 heavy (non-hydrogen) atoms. The van der Waals surface area contributed by atoms with Crippen LogP contribution in [0, 0.1) is 0 Å². The Labute approximate surface area is 115 Å². The number of nitrogen functional groups attached to an aromatic ring is 1. The third kappa shape index (κ3) is 3.39. The van der Waals surface area contributed by atoms with Gasteiger partial charge in [0.15, 0.2) is 0 Å². The number of halogens is 1. The lowest BCUT2D eigenvalue weighted by molar-refractivity contribution is 0.0692. The van der Waals surface area contributed by atoms with Crippen LogP contribution in [-0.4, -0.2) is 11.1 Å². The van der Waals surface area contributed by atoms with Crippen molar-refractivity contribution >= 4 is 23.3 Å². The SMILES string of the molecule is Nc1ccc(OCc2cccc(Cl)c2)c(C(=O)O)c1. The van der Waals surface area contributed by atoms with Crippen molar-refractivity contribution in [2.45, 2.75) is 6.61 Å². The minimum atomic E-state index is -1.08. The molecule has 2 rings (SSSR count). The summed E-state index contributed by atoms with van der Waals surface area (Å²) in [5.74, 6) is -0.796. The van der Waals surface area contributed by atoms with Crippen LogP contribution in [0.3, 0.4) is 0 Å². The van der Waals surface area contributed by atoms with Crippen molar-refractivity contribution in [2.24, 2.45) is 0 Å². The van der Waals surface area contributed by atoms with E-state index in [1.807, 2.05) is 12.1 Å². The summed E-state index contributed by atoms with van der Waals surface area (Å²) in [6.07, 6.45) is 0. The van der Waals surface area contributed by atoms with Crippen LogP contribution >= 0.6 is 11.6 Å². The molecule has 0 heterocycles. The van der Waals surface area contributed by atoms with E-state index >= 15 is 0 Å². The van der Waals surface area contributed by atoms with Crippen LogP contribution in [-0.2, 0) is 6.61 Å². The second kappa shape index (κ2) is 5.63. The van der Waals surface area contributed by atoms with Crippen molar-refractivity contribution in [3.63, 3.8) is 0 Å². The normalized spacial score (nSPS) is 10.2. The Morgan fingerprint density at radius 1 is 1.26 bits per heavy atom. The average Bonchev–Trinajstić information content (AvgIpc) is 2.37. The Bertz CT molecular complexity index is 613. The van der Waals surface area contributed by atoms with E-state index in [1.165, 1.54) is 6.07 Å². The highest BCUT2D eigenvalue weighted by molar-refractivity contribution is 6.30. The van der Waals surface area contributed by atoms with Gasteiger partial charge in [-0.05, 0) is 35.9 Å². The van der Waals surface area contributed by atoms with Gasteiger partial charge in [0.25, 0.3) is 0 Å². The van der Waals surface area contributed by atoms with Gasteiger partial charge in [-0.25, -0.2) is 4.79 Å². The van der Waals surface area contributed by atoms with Crippen molar-refractivity contribution in [3.8, 4) is 5.75 Å². The molecule has 0 bridgehead atoms. The molecule has 2 aromatic rings. The van der Waals surface area contributed by atoms with E-state index in [-0.39, 0.29) is 17.9 Å². The lowest BCUT2D eigenvalue weighted by Gasteiger charge is -2.10. The van der Waals surface area contributed by atoms with Crippen LogP contribution in [0.25, 0.3) is 0 Å². The molecule has 0 aliphatic heterocycles. The fraction of sp³-hybridized carbons (Fsp3) is 0.0714. The van der Waals surface area contributed by atoms with E-state index in [0.29, 0.717) is 10.7 Å². The smallest absolute Gasteiger partial charge is 0.339 e. The quantitative estimate of drug-likeness (QED) is 0.842. The molecule has 0 aromatic heterocycles. The van der Waals surface area contributed by atoms with Crippen molar-refractivity contribution in [1.29, 1.82) is 0 Å². The lowest BCUT2D eigenvalue weighted by atomic mass is 10.2. The number of rotatable bonds is 4. The second-order valence-corrected chi connectivity index (χ2v) is 4.42. The maximum Gasteiger partial charge on any atom is 0.339 e. The van der Waals surface area contributed by atoms with E-state index in [0.717, 1.165) is 5.56 Å². The zero-order chi connectivity index (χ0) is 13.8. The van der Waals surface area contributed by atoms with E-state index < -0.39 is 5.97 Å². The Morgan fingerprint density at radius 2 is 2.05 bits per heavy atom. The van der Waals surface area contributed by atoms with E-state index in [4.69, 9.17) is 27.2 Å². The molecular formula is C14H12ClNO3. The average molecular weight is 278 g/mol. The number of aromatic carboxylic acids is 1. The van der Waals surface area contributed by atoms with Crippen molar-refractivity contribution in [2.75, 3.05) is 5.73 Å². The second-order valence-electron chi connectivity index (χ2n) is 3.98. The van der Waals surface area contributed by atoms with Gasteiger partial charge in [0, 0.05) is 10.7 Å². The Kier molecular flexibility index (Phi) is 3.92. The Hall–Kier alpha value is -2.20. The van der Waals surface area contributed by atoms with Crippen molar-refractivity contribution in [1.82, 2.24) is 0 Å². The van der Waals surface area contributed by atoms with Crippen LogP contribution in [0.4, 0.5) is 5.69 Å². The summed E-state index contributed by atoms with van der Waals surface area (Å²) in [6.45, 7) is 0.241. The lowest BCUT2D eigenvalue weighted by Crippen LogP contribution is -2.04. The third-order valence-electron chi connectivity index (χ3n) is 2.52. The van der Waals surface area contributed by atoms with E-state index in [1.54, 1.807) is 24.3 Å². The van der Waals surface area contributed by atoms with Crippen LogP contribution < -0.4 is 10.5 Å². The van der Waals surface area contributed by atoms with Crippen LogP contribution in [0.15, 0.2) is 42.5 Å². The molecule has 3 N–H and O–H groups in total. The molecule has 0 radical (unpaired) electrons. The molecule has 0 saturated carbocycles. The molecule has 5 heteroatoms. The molecule has 2 aromatic carbocycles. The van der Waals surface area contributed by atoms with Gasteiger partial charge in [-0.3, -0.25) is 0 Å². The minimum Gasteiger partial charge on any atom is -0.488 e. The zero-order valence-corrected chi connectivity index (χ0v) is 10.7. The number of nitrogens with two attached hydrogens (primary N) is 1. The first-order valence-electron chi connectivity index (χ1n) is 5.56. The predicted octanol–water partition coefficient (Wildman–Crippen LogP) is 3.20. The minimum absolute atomic E-state index is 0.0435. The highest BCUT2D eigenvalue weighted by atomic mass is 35.5. The zero-order valence-electron chi connectivity index (χ0n) is 9.97. The standard InChI is InChI=1S/C14H12ClNO3/c15-10-3-1-2-9(6-10)8-19-13-5-4-11(16)7-12(13)14(17)18/h1-7H,8,16H2,(H,17,18). The fourth-order valence-corrected chi connectivity index (χ4v) is 1.84. The number of carboxylic acids is 1. The first-order valence-corrected chi connectivity index (χ1v) is 5.94. The van der Waals surface area contributed by atoms with Gasteiger partial charge < -0.3 is 15.6 Å². The van der Waals surface area contributed by atoms with Gasteiger partial charge in [0.1, 0.15) is 17.9 Å². The summed E-state index contributed by atoms with van der Waals surface area (Å²) in [5.41, 5.74) is 6.84. The number of carbonyl (C=O) groups is 1. The van der Waals surface area contributed by atoms with Crippen molar-refractivity contribution in [3.05, 3.63) is 58.6 Å². The topological polar surface area (TPSA) is 72.5 Å². The van der Waals surface area contributed by atoms with Gasteiger partial charge >= 0.3 is 5.97 Å². The Morgan fingerprint density at radius 3 is 2.74 bits per heavy atom. The number of anilines is 1. The van der Waals surface area contributed by atoms with E-state index in [2.05, 4.69) is 0 Å². The van der Waals surface area contributed by atoms with Gasteiger partial charge in [-0.2, -0.15) is 0 Å². The monoisotopic (exact) mass is 277 g/mol. The third-order valence-corrected chi connectivity index (χ3v) is 2.75. The number of ether oxygens (including phenoxy) is 1. The molecule has 4 nitrogen and oxygen atoms in total. The van der Waals surface area contributed by atoms with Gasteiger partial charge in [-0.15, -0.1) is 0 Å². The van der Waals surface area contributed by atoms with Crippen LogP contribution in [0.1, 0.15) is 15.9 Å². The summed E-state index contributed by atoms with van der Waals surface area (Å²) in [4.78, 5) is 11.1. The summed E-state index contributed by atoms with van der Waals surface area (Å²) in [5, 5.41) is 9.68.